The number of aromatic nitrogens is 1. The number of pyridine rings is 1. The maximum atomic E-state index is 12.6. The van der Waals surface area contributed by atoms with Gasteiger partial charge in [-0.1, -0.05) is 13.8 Å². The maximum Gasteiger partial charge on any atom is 0.246 e. The molecule has 0 saturated carbocycles. The Morgan fingerprint density at radius 1 is 1.50 bits per heavy atom. The Balaban J connectivity index is 2.40. The van der Waals surface area contributed by atoms with Crippen molar-refractivity contribution in [1.82, 2.24) is 9.29 Å². The molecule has 0 amide bonds. The number of nitrogens with two attached hydrogens (primary N) is 1. The predicted molar refractivity (Wildman–Crippen MR) is 70.4 cm³/mol. The molecule has 0 spiro atoms. The third kappa shape index (κ3) is 2.22. The summed E-state index contributed by atoms with van der Waals surface area (Å²) < 4.78 is 26.7. The molecule has 2 rings (SSSR count). The van der Waals surface area contributed by atoms with Crippen molar-refractivity contribution in [1.29, 1.82) is 0 Å². The van der Waals surface area contributed by atoms with E-state index in [1.807, 2.05) is 13.8 Å². The van der Waals surface area contributed by atoms with Crippen LogP contribution in [-0.4, -0.2) is 30.3 Å². The summed E-state index contributed by atoms with van der Waals surface area (Å²) >= 11 is 0. The third-order valence-corrected chi connectivity index (χ3v) is 5.39. The van der Waals surface area contributed by atoms with Gasteiger partial charge in [0.25, 0.3) is 0 Å². The normalized spacial score (nSPS) is 21.6. The van der Waals surface area contributed by atoms with Gasteiger partial charge in [0.2, 0.25) is 10.0 Å². The predicted octanol–water partition coefficient (Wildman–Crippen LogP) is 1.47. The van der Waals surface area contributed by atoms with Crippen molar-refractivity contribution < 1.29 is 8.42 Å². The van der Waals surface area contributed by atoms with E-state index in [9.17, 15) is 8.42 Å². The van der Waals surface area contributed by atoms with E-state index >= 15 is 0 Å². The Bertz CT molecular complexity index is 528. The molecule has 0 bridgehead atoms. The molecule has 1 unspecified atom stereocenters. The van der Waals surface area contributed by atoms with Gasteiger partial charge in [-0.2, -0.15) is 4.31 Å². The zero-order valence-corrected chi connectivity index (χ0v) is 11.5. The summed E-state index contributed by atoms with van der Waals surface area (Å²) in [5.41, 5.74) is 6.01. The quantitative estimate of drug-likeness (QED) is 0.901. The molecule has 0 aromatic carbocycles. The van der Waals surface area contributed by atoms with Crippen molar-refractivity contribution in [3.63, 3.8) is 0 Å². The minimum Gasteiger partial charge on any atom is -0.398 e. The van der Waals surface area contributed by atoms with Gasteiger partial charge in [0, 0.05) is 25.0 Å². The second-order valence-electron chi connectivity index (χ2n) is 4.98. The van der Waals surface area contributed by atoms with Gasteiger partial charge in [-0.15, -0.1) is 0 Å². The van der Waals surface area contributed by atoms with Crippen LogP contribution in [0.4, 0.5) is 5.69 Å². The smallest absolute Gasteiger partial charge is 0.246 e. The van der Waals surface area contributed by atoms with Crippen LogP contribution in [-0.2, 0) is 10.0 Å². The van der Waals surface area contributed by atoms with Crippen LogP contribution < -0.4 is 5.73 Å². The number of rotatable bonds is 3. The Hall–Kier alpha value is -1.14. The standard InChI is InChI=1S/C12H19N3O2S/c1-9(2)11-4-3-7-15(11)18(16,17)12-8-14-6-5-10(12)13/h5-6,8-9,11H,3-4,7H2,1-2H3,(H2,13,14). The first-order valence-corrected chi connectivity index (χ1v) is 7.60. The molecular formula is C12H19N3O2S. The summed E-state index contributed by atoms with van der Waals surface area (Å²) in [6, 6.07) is 1.59. The van der Waals surface area contributed by atoms with Crippen LogP contribution in [0.2, 0.25) is 0 Å². The first-order valence-electron chi connectivity index (χ1n) is 6.16. The van der Waals surface area contributed by atoms with E-state index in [0.29, 0.717) is 12.5 Å². The first kappa shape index (κ1) is 13.3. The molecule has 5 nitrogen and oxygen atoms in total. The number of nitrogen functional groups attached to an aromatic ring is 1. The molecule has 6 heteroatoms. The van der Waals surface area contributed by atoms with Gasteiger partial charge in [-0.25, -0.2) is 8.42 Å². The second-order valence-corrected chi connectivity index (χ2v) is 6.84. The van der Waals surface area contributed by atoms with Crippen molar-refractivity contribution >= 4 is 15.7 Å². The van der Waals surface area contributed by atoms with Crippen LogP contribution in [0.15, 0.2) is 23.4 Å². The Kier molecular flexibility index (Phi) is 3.59. The number of sulfonamides is 1. The van der Waals surface area contributed by atoms with Gasteiger partial charge in [0.15, 0.2) is 0 Å². The maximum absolute atomic E-state index is 12.6. The van der Waals surface area contributed by atoms with Crippen molar-refractivity contribution in [2.24, 2.45) is 5.92 Å². The van der Waals surface area contributed by atoms with E-state index in [0.717, 1.165) is 12.8 Å². The number of hydrogen-bond donors (Lipinski definition) is 1. The van der Waals surface area contributed by atoms with Gasteiger partial charge in [0.1, 0.15) is 4.90 Å². The minimum atomic E-state index is -3.52. The third-order valence-electron chi connectivity index (χ3n) is 3.42. The van der Waals surface area contributed by atoms with Gasteiger partial charge in [-0.05, 0) is 24.8 Å². The lowest BCUT2D eigenvalue weighted by atomic mass is 10.0. The van der Waals surface area contributed by atoms with Crippen molar-refractivity contribution in [2.75, 3.05) is 12.3 Å². The molecule has 1 aliphatic rings. The zero-order valence-electron chi connectivity index (χ0n) is 10.7. The molecule has 1 fully saturated rings. The Morgan fingerprint density at radius 3 is 2.83 bits per heavy atom. The van der Waals surface area contributed by atoms with Crippen LogP contribution in [0.25, 0.3) is 0 Å². The molecule has 2 N–H and O–H groups in total. The SMILES string of the molecule is CC(C)C1CCCN1S(=O)(=O)c1cnccc1N. The molecule has 1 aromatic heterocycles. The average molecular weight is 269 g/mol. The lowest BCUT2D eigenvalue weighted by Crippen LogP contribution is -2.38. The fraction of sp³-hybridized carbons (Fsp3) is 0.583. The Morgan fingerprint density at radius 2 is 2.22 bits per heavy atom. The van der Waals surface area contributed by atoms with E-state index in [1.165, 1.54) is 18.5 Å². The summed E-state index contributed by atoms with van der Waals surface area (Å²) in [7, 11) is -3.52. The van der Waals surface area contributed by atoms with Gasteiger partial charge in [0.05, 0.1) is 5.69 Å². The van der Waals surface area contributed by atoms with E-state index in [1.54, 1.807) is 4.31 Å². The van der Waals surface area contributed by atoms with Crippen LogP contribution in [0.5, 0.6) is 0 Å². The molecule has 0 radical (unpaired) electrons. The molecule has 1 aromatic rings. The molecule has 100 valence electrons. The molecule has 1 saturated heterocycles. The van der Waals surface area contributed by atoms with Gasteiger partial charge >= 0.3 is 0 Å². The van der Waals surface area contributed by atoms with Gasteiger partial charge in [-0.3, -0.25) is 4.98 Å². The van der Waals surface area contributed by atoms with E-state index < -0.39 is 10.0 Å². The van der Waals surface area contributed by atoms with E-state index in [2.05, 4.69) is 4.98 Å². The van der Waals surface area contributed by atoms with Crippen molar-refractivity contribution in [3.05, 3.63) is 18.5 Å². The number of anilines is 1. The van der Waals surface area contributed by atoms with Crippen molar-refractivity contribution in [2.45, 2.75) is 37.6 Å². The molecular weight excluding hydrogens is 250 g/mol. The lowest BCUT2D eigenvalue weighted by molar-refractivity contribution is 0.316. The fourth-order valence-corrected chi connectivity index (χ4v) is 4.35. The molecule has 18 heavy (non-hydrogen) atoms. The summed E-state index contributed by atoms with van der Waals surface area (Å²) in [6.45, 7) is 4.66. The topological polar surface area (TPSA) is 76.3 Å². The fourth-order valence-electron chi connectivity index (χ4n) is 2.46. The van der Waals surface area contributed by atoms with Gasteiger partial charge < -0.3 is 5.73 Å². The van der Waals surface area contributed by atoms with E-state index in [4.69, 9.17) is 5.73 Å². The highest BCUT2D eigenvalue weighted by Crippen LogP contribution is 2.31. The summed E-state index contributed by atoms with van der Waals surface area (Å²) in [4.78, 5) is 3.99. The number of nitrogens with zero attached hydrogens (tertiary/aromatic N) is 2. The highest BCUT2D eigenvalue weighted by atomic mass is 32.2. The number of hydrogen-bond acceptors (Lipinski definition) is 4. The molecule has 1 aliphatic heterocycles. The van der Waals surface area contributed by atoms with Crippen LogP contribution in [0, 0.1) is 5.92 Å². The van der Waals surface area contributed by atoms with E-state index in [-0.39, 0.29) is 16.6 Å². The van der Waals surface area contributed by atoms with Crippen molar-refractivity contribution in [3.8, 4) is 0 Å². The Labute approximate surface area is 108 Å². The monoisotopic (exact) mass is 269 g/mol. The average Bonchev–Trinajstić information content (AvgIpc) is 2.78. The van der Waals surface area contributed by atoms with Crippen LogP contribution >= 0.6 is 0 Å². The summed E-state index contributed by atoms with van der Waals surface area (Å²) in [6.07, 6.45) is 4.65. The lowest BCUT2D eigenvalue weighted by Gasteiger charge is -2.27. The largest absolute Gasteiger partial charge is 0.398 e. The summed E-state index contributed by atoms with van der Waals surface area (Å²) in [5.74, 6) is 0.306. The highest BCUT2D eigenvalue weighted by molar-refractivity contribution is 7.89. The second kappa shape index (κ2) is 4.85. The first-order chi connectivity index (χ1) is 8.44. The zero-order chi connectivity index (χ0) is 13.3. The van der Waals surface area contributed by atoms with Crippen LogP contribution in [0.1, 0.15) is 26.7 Å². The molecule has 0 aliphatic carbocycles. The van der Waals surface area contributed by atoms with Crippen LogP contribution in [0.3, 0.4) is 0 Å². The molecule has 2 heterocycles. The summed E-state index contributed by atoms with van der Waals surface area (Å²) in [5, 5.41) is 0. The minimum absolute atomic E-state index is 0.0645. The molecule has 1 atom stereocenters. The highest BCUT2D eigenvalue weighted by Gasteiger charge is 2.37.